The number of benzene rings is 2. The van der Waals surface area contributed by atoms with Crippen LogP contribution >= 0.6 is 0 Å². The minimum Gasteiger partial charge on any atom is -0.465 e. The number of anilines is 2. The zero-order valence-electron chi connectivity index (χ0n) is 16.6. The van der Waals surface area contributed by atoms with E-state index in [0.29, 0.717) is 10.4 Å². The van der Waals surface area contributed by atoms with Gasteiger partial charge in [-0.3, -0.25) is 9.10 Å². The average molecular weight is 456 g/mol. The second-order valence-electron chi connectivity index (χ2n) is 6.16. The molecule has 2 aromatic carbocycles. The molecular weight excluding hydrogens is 438 g/mol. The van der Waals surface area contributed by atoms with Gasteiger partial charge in [0.25, 0.3) is 0 Å². The summed E-state index contributed by atoms with van der Waals surface area (Å²) in [6, 6.07) is 5.98. The summed E-state index contributed by atoms with van der Waals surface area (Å²) in [5, 5.41) is 2.32. The molecule has 2 rings (SSSR count). The van der Waals surface area contributed by atoms with Gasteiger partial charge in [-0.2, -0.15) is 0 Å². The number of nitrogens with one attached hydrogen (secondary N) is 1. The van der Waals surface area contributed by atoms with Crippen molar-refractivity contribution in [3.05, 3.63) is 59.2 Å². The van der Waals surface area contributed by atoms with E-state index in [1.54, 1.807) is 0 Å². The van der Waals surface area contributed by atoms with E-state index in [-0.39, 0.29) is 22.5 Å². The van der Waals surface area contributed by atoms with Crippen molar-refractivity contribution in [1.29, 1.82) is 0 Å². The molecule has 2 aromatic rings. The third-order valence-corrected chi connectivity index (χ3v) is 5.14. The minimum atomic E-state index is -4.07. The van der Waals surface area contributed by atoms with Gasteiger partial charge in [0.15, 0.2) is 11.6 Å². The molecule has 166 valence electrons. The second-order valence-corrected chi connectivity index (χ2v) is 8.07. The Kier molecular flexibility index (Phi) is 7.28. The van der Waals surface area contributed by atoms with Crippen LogP contribution in [0.4, 0.5) is 20.2 Å². The first-order chi connectivity index (χ1) is 14.5. The summed E-state index contributed by atoms with van der Waals surface area (Å²) in [4.78, 5) is 36.3. The van der Waals surface area contributed by atoms with Gasteiger partial charge in [-0.1, -0.05) is 0 Å². The van der Waals surface area contributed by atoms with Gasteiger partial charge in [0.2, 0.25) is 15.9 Å². The third-order valence-electron chi connectivity index (χ3n) is 4.00. The molecule has 0 saturated carbocycles. The van der Waals surface area contributed by atoms with Crippen molar-refractivity contribution >= 4 is 39.2 Å². The lowest BCUT2D eigenvalue weighted by Crippen LogP contribution is -2.37. The molecule has 0 aliphatic rings. The highest BCUT2D eigenvalue weighted by Crippen LogP contribution is 2.22. The average Bonchev–Trinajstić information content (AvgIpc) is 2.72. The maximum Gasteiger partial charge on any atom is 0.339 e. The van der Waals surface area contributed by atoms with Crippen molar-refractivity contribution in [2.45, 2.75) is 0 Å². The number of esters is 2. The Morgan fingerprint density at radius 3 is 2.16 bits per heavy atom. The molecule has 0 unspecified atom stereocenters. The first-order valence-electron chi connectivity index (χ1n) is 8.51. The van der Waals surface area contributed by atoms with E-state index in [4.69, 9.17) is 0 Å². The van der Waals surface area contributed by atoms with Crippen LogP contribution in [0.3, 0.4) is 0 Å². The molecule has 0 aliphatic carbocycles. The van der Waals surface area contributed by atoms with Gasteiger partial charge < -0.3 is 14.8 Å². The van der Waals surface area contributed by atoms with E-state index in [0.717, 1.165) is 38.7 Å². The number of carbonyl (C=O) groups excluding carboxylic acids is 3. The number of sulfonamides is 1. The van der Waals surface area contributed by atoms with Crippen molar-refractivity contribution < 1.29 is 41.1 Å². The lowest BCUT2D eigenvalue weighted by molar-refractivity contribution is -0.114. The van der Waals surface area contributed by atoms with E-state index in [2.05, 4.69) is 14.8 Å². The summed E-state index contributed by atoms with van der Waals surface area (Å²) >= 11 is 0. The Balaban J connectivity index is 2.38. The van der Waals surface area contributed by atoms with Crippen molar-refractivity contribution in [1.82, 2.24) is 0 Å². The number of hydrogen-bond acceptors (Lipinski definition) is 7. The smallest absolute Gasteiger partial charge is 0.339 e. The van der Waals surface area contributed by atoms with Crippen LogP contribution in [0.2, 0.25) is 0 Å². The fourth-order valence-corrected chi connectivity index (χ4v) is 3.39. The maximum absolute atomic E-state index is 13.6. The highest BCUT2D eigenvalue weighted by atomic mass is 32.2. The first kappa shape index (κ1) is 23.7. The predicted octanol–water partition coefficient (Wildman–Crippen LogP) is 1.94. The molecule has 0 saturated heterocycles. The Morgan fingerprint density at radius 1 is 0.968 bits per heavy atom. The summed E-state index contributed by atoms with van der Waals surface area (Å²) in [5.74, 6) is -4.99. The van der Waals surface area contributed by atoms with Crippen LogP contribution in [0.5, 0.6) is 0 Å². The quantitative estimate of drug-likeness (QED) is 0.633. The number of nitrogens with zero attached hydrogens (tertiary/aromatic N) is 1. The van der Waals surface area contributed by atoms with Crippen molar-refractivity contribution in [2.75, 3.05) is 36.6 Å². The number of rotatable bonds is 7. The first-order valence-corrected chi connectivity index (χ1v) is 10.4. The van der Waals surface area contributed by atoms with Crippen LogP contribution in [-0.2, 0) is 24.3 Å². The predicted molar refractivity (Wildman–Crippen MR) is 106 cm³/mol. The van der Waals surface area contributed by atoms with Crippen molar-refractivity contribution in [3.8, 4) is 0 Å². The number of ether oxygens (including phenoxy) is 2. The van der Waals surface area contributed by atoms with Gasteiger partial charge in [-0.25, -0.2) is 26.8 Å². The van der Waals surface area contributed by atoms with Crippen LogP contribution in [0, 0.1) is 11.6 Å². The van der Waals surface area contributed by atoms with Gasteiger partial charge in [0, 0.05) is 6.07 Å². The molecule has 0 atom stereocenters. The van der Waals surface area contributed by atoms with Gasteiger partial charge in [0.1, 0.15) is 6.54 Å². The van der Waals surface area contributed by atoms with Gasteiger partial charge in [-0.05, 0) is 30.3 Å². The van der Waals surface area contributed by atoms with E-state index in [9.17, 15) is 31.6 Å². The van der Waals surface area contributed by atoms with E-state index in [1.807, 2.05) is 0 Å². The van der Waals surface area contributed by atoms with Crippen molar-refractivity contribution in [2.24, 2.45) is 0 Å². The Labute approximate surface area is 176 Å². The molecule has 31 heavy (non-hydrogen) atoms. The van der Waals surface area contributed by atoms with E-state index < -0.39 is 46.0 Å². The summed E-state index contributed by atoms with van der Waals surface area (Å²) in [6.45, 7) is -0.826. The Morgan fingerprint density at radius 2 is 1.61 bits per heavy atom. The molecular formula is C19H18F2N2O7S. The molecule has 0 aliphatic heterocycles. The van der Waals surface area contributed by atoms with Gasteiger partial charge in [0.05, 0.1) is 43.0 Å². The molecule has 0 heterocycles. The lowest BCUT2D eigenvalue weighted by atomic mass is 10.1. The molecule has 12 heteroatoms. The Bertz CT molecular complexity index is 1140. The molecule has 0 radical (unpaired) electrons. The molecule has 1 amide bonds. The Hall–Kier alpha value is -3.54. The second kappa shape index (κ2) is 9.51. The molecule has 0 spiro atoms. The molecule has 0 aromatic heterocycles. The maximum atomic E-state index is 13.6. The summed E-state index contributed by atoms with van der Waals surface area (Å²) in [7, 11) is -1.83. The molecule has 9 nitrogen and oxygen atoms in total. The van der Waals surface area contributed by atoms with Crippen LogP contribution in [0.25, 0.3) is 0 Å². The summed E-state index contributed by atoms with van der Waals surface area (Å²) in [5.41, 5.74) is -0.528. The highest BCUT2D eigenvalue weighted by Gasteiger charge is 2.24. The molecule has 0 fully saturated rings. The normalized spacial score (nSPS) is 10.9. The SMILES string of the molecule is COC(=O)c1ccc(C(=O)OC)c(NC(=O)CN(c2ccc(F)c(F)c2)S(C)(=O)=O)c1. The summed E-state index contributed by atoms with van der Waals surface area (Å²) in [6.07, 6.45) is 0.777. The van der Waals surface area contributed by atoms with Crippen LogP contribution < -0.4 is 9.62 Å². The fourth-order valence-electron chi connectivity index (χ4n) is 2.54. The number of amides is 1. The monoisotopic (exact) mass is 456 g/mol. The van der Waals surface area contributed by atoms with E-state index >= 15 is 0 Å². The van der Waals surface area contributed by atoms with Gasteiger partial charge >= 0.3 is 11.9 Å². The third kappa shape index (κ3) is 5.75. The van der Waals surface area contributed by atoms with Crippen LogP contribution in [0.15, 0.2) is 36.4 Å². The van der Waals surface area contributed by atoms with E-state index in [1.165, 1.54) is 12.1 Å². The highest BCUT2D eigenvalue weighted by molar-refractivity contribution is 7.92. The number of carbonyl (C=O) groups is 3. The van der Waals surface area contributed by atoms with Crippen molar-refractivity contribution in [3.63, 3.8) is 0 Å². The minimum absolute atomic E-state index is 0.00558. The van der Waals surface area contributed by atoms with Crippen LogP contribution in [0.1, 0.15) is 20.7 Å². The standard InChI is InChI=1S/C19H18F2N2O7S/c1-29-18(25)11-4-6-13(19(26)30-2)16(8-11)22-17(24)10-23(31(3,27)28)12-5-7-14(20)15(21)9-12/h4-9H,10H2,1-3H3,(H,22,24). The number of hydrogen-bond donors (Lipinski definition) is 1. The topological polar surface area (TPSA) is 119 Å². The zero-order valence-corrected chi connectivity index (χ0v) is 17.5. The lowest BCUT2D eigenvalue weighted by Gasteiger charge is -2.22. The zero-order chi connectivity index (χ0) is 23.3. The molecule has 1 N–H and O–H groups in total. The van der Waals surface area contributed by atoms with Crippen LogP contribution in [-0.4, -0.2) is 53.3 Å². The molecule has 0 bridgehead atoms. The fraction of sp³-hybridized carbons (Fsp3) is 0.211. The largest absolute Gasteiger partial charge is 0.465 e. The summed E-state index contributed by atoms with van der Waals surface area (Å²) < 4.78 is 60.7. The van der Waals surface area contributed by atoms with Gasteiger partial charge in [-0.15, -0.1) is 0 Å². The number of methoxy groups -OCH3 is 2. The number of halogens is 2.